The van der Waals surface area contributed by atoms with Gasteiger partial charge in [0.1, 0.15) is 5.75 Å². The van der Waals surface area contributed by atoms with Crippen LogP contribution in [0.25, 0.3) is 0 Å². The van der Waals surface area contributed by atoms with Gasteiger partial charge in [0.15, 0.2) is 11.0 Å². The number of amidine groups is 1. The number of Topliss-reactive ketones (excluding diaryl/α,β-unsaturated/α-hetero) is 1. The highest BCUT2D eigenvalue weighted by Crippen LogP contribution is 2.24. The molecule has 0 fully saturated rings. The van der Waals surface area contributed by atoms with Crippen molar-refractivity contribution in [3.8, 4) is 5.75 Å². The van der Waals surface area contributed by atoms with Crippen LogP contribution in [0.2, 0.25) is 0 Å². The third kappa shape index (κ3) is 4.66. The van der Waals surface area contributed by atoms with E-state index in [0.29, 0.717) is 17.1 Å². The Kier molecular flexibility index (Phi) is 6.68. The molecule has 0 heterocycles. The number of nitrogens with two attached hydrogens (primary N) is 1. The van der Waals surface area contributed by atoms with Crippen LogP contribution in [-0.4, -0.2) is 18.1 Å². The second-order valence-corrected chi connectivity index (χ2v) is 4.25. The summed E-state index contributed by atoms with van der Waals surface area (Å²) < 4.78 is 5.18. The first-order valence-electron chi connectivity index (χ1n) is 4.69. The molecule has 0 aliphatic rings. The minimum atomic E-state index is 0. The predicted molar refractivity (Wildman–Crippen MR) is 66.2 cm³/mol. The molecule has 0 saturated heterocycles. The van der Waals surface area contributed by atoms with E-state index in [4.69, 9.17) is 15.9 Å². The number of nitrogens with one attached hydrogen (secondary N) is 1. The van der Waals surface area contributed by atoms with Gasteiger partial charge in [0.25, 0.3) is 0 Å². The molecule has 4 nitrogen and oxygen atoms in total. The summed E-state index contributed by atoms with van der Waals surface area (Å²) in [6, 6.07) is 5.26. The minimum absolute atomic E-state index is 0. The number of ether oxygens (including phenoxy) is 1. The molecule has 94 valence electrons. The molecular weight excluding hydrogens is 260 g/mol. The molecule has 17 heavy (non-hydrogen) atoms. The summed E-state index contributed by atoms with van der Waals surface area (Å²) in [5.41, 5.74) is 6.78. The zero-order valence-corrected chi connectivity index (χ0v) is 11.2. The molecule has 0 atom stereocenters. The van der Waals surface area contributed by atoms with Gasteiger partial charge in [-0.1, -0.05) is 11.8 Å². The quantitative estimate of drug-likeness (QED) is 0.420. The number of benzene rings is 1. The highest BCUT2D eigenvalue weighted by atomic mass is 35.5. The van der Waals surface area contributed by atoms with Crippen LogP contribution in [0.1, 0.15) is 22.8 Å². The Labute approximate surface area is 111 Å². The molecule has 1 rings (SSSR count). The van der Waals surface area contributed by atoms with Gasteiger partial charge in [0.2, 0.25) is 0 Å². The van der Waals surface area contributed by atoms with Gasteiger partial charge in [0, 0.05) is 16.9 Å². The zero-order valence-electron chi connectivity index (χ0n) is 9.62. The summed E-state index contributed by atoms with van der Waals surface area (Å²) in [6.45, 7) is 1.52. The summed E-state index contributed by atoms with van der Waals surface area (Å²) in [5.74, 6) is 1.25. The Morgan fingerprint density at radius 3 is 2.65 bits per heavy atom. The third-order valence-corrected chi connectivity index (χ3v) is 2.84. The van der Waals surface area contributed by atoms with Crippen LogP contribution in [0.4, 0.5) is 0 Å². The SMILES string of the molecule is COc1ccc(C(C)=O)cc1CSC(=N)N.[Cl-]. The number of hydrogen-bond donors (Lipinski definition) is 2. The second-order valence-electron chi connectivity index (χ2n) is 3.24. The predicted octanol–water partition coefficient (Wildman–Crippen LogP) is -0.972. The molecular formula is C11H14ClN2O2S-. The van der Waals surface area contributed by atoms with Gasteiger partial charge < -0.3 is 22.9 Å². The first-order chi connectivity index (χ1) is 7.54. The number of thioether (sulfide) groups is 1. The summed E-state index contributed by atoms with van der Waals surface area (Å²) in [7, 11) is 1.57. The number of halogens is 1. The first-order valence-corrected chi connectivity index (χ1v) is 5.68. The lowest BCUT2D eigenvalue weighted by Crippen LogP contribution is -3.00. The maximum atomic E-state index is 11.2. The van der Waals surface area contributed by atoms with E-state index >= 15 is 0 Å². The van der Waals surface area contributed by atoms with Crippen molar-refractivity contribution in [3.05, 3.63) is 29.3 Å². The van der Waals surface area contributed by atoms with Gasteiger partial charge in [-0.25, -0.2) is 0 Å². The maximum absolute atomic E-state index is 11.2. The minimum Gasteiger partial charge on any atom is -1.00 e. The summed E-state index contributed by atoms with van der Waals surface area (Å²) >= 11 is 1.20. The number of methoxy groups -OCH3 is 1. The van der Waals surface area contributed by atoms with Gasteiger partial charge >= 0.3 is 0 Å². The molecule has 0 amide bonds. The fourth-order valence-corrected chi connectivity index (χ4v) is 1.80. The van der Waals surface area contributed by atoms with Crippen molar-refractivity contribution in [2.24, 2.45) is 5.73 Å². The average Bonchev–Trinajstić information content (AvgIpc) is 2.25. The maximum Gasteiger partial charge on any atom is 0.159 e. The zero-order chi connectivity index (χ0) is 12.1. The van der Waals surface area contributed by atoms with E-state index in [1.165, 1.54) is 18.7 Å². The Morgan fingerprint density at radius 1 is 1.53 bits per heavy atom. The Balaban J connectivity index is 0.00000256. The van der Waals surface area contributed by atoms with Gasteiger partial charge in [0.05, 0.1) is 7.11 Å². The molecule has 0 spiro atoms. The first kappa shape index (κ1) is 15.8. The fourth-order valence-electron chi connectivity index (χ4n) is 1.27. The molecule has 1 aromatic rings. The van der Waals surface area contributed by atoms with E-state index in [0.717, 1.165) is 5.56 Å². The molecule has 0 radical (unpaired) electrons. The van der Waals surface area contributed by atoms with Crippen molar-refractivity contribution in [2.75, 3.05) is 7.11 Å². The van der Waals surface area contributed by atoms with Gasteiger partial charge in [-0.15, -0.1) is 0 Å². The fraction of sp³-hybridized carbons (Fsp3) is 0.273. The van der Waals surface area contributed by atoms with Crippen molar-refractivity contribution in [2.45, 2.75) is 12.7 Å². The topological polar surface area (TPSA) is 76.2 Å². The number of carbonyl (C=O) groups excluding carboxylic acids is 1. The van der Waals surface area contributed by atoms with Crippen LogP contribution in [-0.2, 0) is 5.75 Å². The van der Waals surface area contributed by atoms with Crippen molar-refractivity contribution in [3.63, 3.8) is 0 Å². The molecule has 6 heteroatoms. The van der Waals surface area contributed by atoms with Crippen LogP contribution in [0.5, 0.6) is 5.75 Å². The molecule has 0 unspecified atom stereocenters. The van der Waals surface area contributed by atoms with E-state index in [9.17, 15) is 4.79 Å². The molecule has 0 saturated carbocycles. The van der Waals surface area contributed by atoms with E-state index in [1.807, 2.05) is 0 Å². The highest BCUT2D eigenvalue weighted by Gasteiger charge is 2.07. The summed E-state index contributed by atoms with van der Waals surface area (Å²) in [5, 5.41) is 7.19. The van der Waals surface area contributed by atoms with Crippen LogP contribution in [0.3, 0.4) is 0 Å². The highest BCUT2D eigenvalue weighted by molar-refractivity contribution is 8.13. The summed E-state index contributed by atoms with van der Waals surface area (Å²) in [6.07, 6.45) is 0. The lowest BCUT2D eigenvalue weighted by atomic mass is 10.1. The van der Waals surface area contributed by atoms with Crippen LogP contribution >= 0.6 is 11.8 Å². The van der Waals surface area contributed by atoms with E-state index in [2.05, 4.69) is 0 Å². The van der Waals surface area contributed by atoms with Crippen molar-refractivity contribution >= 4 is 22.7 Å². The third-order valence-electron chi connectivity index (χ3n) is 2.07. The number of hydrogen-bond acceptors (Lipinski definition) is 4. The number of rotatable bonds is 4. The molecule has 0 aromatic heterocycles. The summed E-state index contributed by atoms with van der Waals surface area (Å²) in [4.78, 5) is 11.2. The Hall–Kier alpha value is -1.20. The number of carbonyl (C=O) groups is 1. The largest absolute Gasteiger partial charge is 1.00 e. The van der Waals surface area contributed by atoms with Gasteiger partial charge in [-0.2, -0.15) is 0 Å². The lowest BCUT2D eigenvalue weighted by molar-refractivity contribution is -0.0000119. The van der Waals surface area contributed by atoms with Crippen LogP contribution in [0, 0.1) is 5.41 Å². The standard InChI is InChI=1S/C11H14N2O2S.ClH/c1-7(14)8-3-4-10(15-2)9(5-8)6-16-11(12)13;/h3-5H,6H2,1-2H3,(H3,12,13);1H/p-1. The average molecular weight is 274 g/mol. The van der Waals surface area contributed by atoms with E-state index in [-0.39, 0.29) is 23.4 Å². The molecule has 1 aromatic carbocycles. The molecule has 3 N–H and O–H groups in total. The van der Waals surface area contributed by atoms with Gasteiger partial charge in [-0.05, 0) is 25.1 Å². The van der Waals surface area contributed by atoms with E-state index < -0.39 is 0 Å². The number of ketones is 1. The molecule has 0 aliphatic carbocycles. The van der Waals surface area contributed by atoms with Crippen molar-refractivity contribution in [1.82, 2.24) is 0 Å². The molecule has 0 aliphatic heterocycles. The van der Waals surface area contributed by atoms with E-state index in [1.54, 1.807) is 25.3 Å². The Morgan fingerprint density at radius 2 is 2.18 bits per heavy atom. The van der Waals surface area contributed by atoms with Crippen molar-refractivity contribution < 1.29 is 21.9 Å². The molecule has 0 bridgehead atoms. The Bertz CT molecular complexity index is 424. The second kappa shape index (κ2) is 7.19. The van der Waals surface area contributed by atoms with Crippen molar-refractivity contribution in [1.29, 1.82) is 5.41 Å². The van der Waals surface area contributed by atoms with Crippen LogP contribution < -0.4 is 22.9 Å². The monoisotopic (exact) mass is 273 g/mol. The lowest BCUT2D eigenvalue weighted by Gasteiger charge is -2.09. The van der Waals surface area contributed by atoms with Gasteiger partial charge in [-0.3, -0.25) is 10.2 Å². The van der Waals surface area contributed by atoms with Crippen LogP contribution in [0.15, 0.2) is 18.2 Å². The smallest absolute Gasteiger partial charge is 0.159 e. The normalized spacial score (nSPS) is 9.29.